The lowest BCUT2D eigenvalue weighted by Gasteiger charge is -2.16. The maximum Gasteiger partial charge on any atom is 0.127 e. The van der Waals surface area contributed by atoms with Crippen LogP contribution in [0, 0.1) is 17.5 Å². The van der Waals surface area contributed by atoms with Crippen molar-refractivity contribution in [2.24, 2.45) is 5.84 Å². The highest BCUT2D eigenvalue weighted by Crippen LogP contribution is 2.18. The van der Waals surface area contributed by atoms with Crippen LogP contribution in [0.2, 0.25) is 0 Å². The molecule has 1 atom stereocenters. The van der Waals surface area contributed by atoms with Gasteiger partial charge in [-0.3, -0.25) is 11.3 Å². The van der Waals surface area contributed by atoms with E-state index in [0.29, 0.717) is 28.4 Å². The second-order valence-corrected chi connectivity index (χ2v) is 5.70. The summed E-state index contributed by atoms with van der Waals surface area (Å²) in [6, 6.07) is 7.70. The van der Waals surface area contributed by atoms with Gasteiger partial charge in [-0.1, -0.05) is 22.0 Å². The van der Waals surface area contributed by atoms with Gasteiger partial charge < -0.3 is 0 Å². The molecule has 2 nitrogen and oxygen atoms in total. The number of hydrazine groups is 1. The Hall–Kier alpha value is -1.37. The molecule has 0 aromatic heterocycles. The van der Waals surface area contributed by atoms with Crippen LogP contribution in [0.4, 0.5) is 13.2 Å². The second kappa shape index (κ2) is 7.06. The summed E-state index contributed by atoms with van der Waals surface area (Å²) >= 11 is 3.19. The largest absolute Gasteiger partial charge is 0.271 e. The summed E-state index contributed by atoms with van der Waals surface area (Å²) in [6.45, 7) is 0. The molecule has 1 unspecified atom stereocenters. The maximum absolute atomic E-state index is 13.8. The minimum Gasteiger partial charge on any atom is -0.271 e. The van der Waals surface area contributed by atoms with E-state index in [-0.39, 0.29) is 11.9 Å². The molecule has 0 spiro atoms. The molecule has 2 aromatic carbocycles. The van der Waals surface area contributed by atoms with E-state index in [2.05, 4.69) is 21.4 Å². The molecule has 0 heterocycles. The fourth-order valence-corrected chi connectivity index (χ4v) is 2.49. The first-order chi connectivity index (χ1) is 9.97. The molecule has 0 radical (unpaired) electrons. The van der Waals surface area contributed by atoms with Crippen molar-refractivity contribution in [3.63, 3.8) is 0 Å². The molecule has 21 heavy (non-hydrogen) atoms. The molecule has 0 amide bonds. The standard InChI is InChI=1S/C15H14BrF3N2/c16-11-2-1-10(15(19)7-11)6-14(21-20)5-9-3-12(17)8-13(18)4-9/h1-4,7-8,14,21H,5-6,20H2. The molecule has 0 saturated heterocycles. The number of halogens is 4. The molecule has 0 bridgehead atoms. The highest BCUT2D eigenvalue weighted by Gasteiger charge is 2.13. The first-order valence-electron chi connectivity index (χ1n) is 6.33. The molecule has 3 N–H and O–H groups in total. The zero-order chi connectivity index (χ0) is 15.4. The fourth-order valence-electron chi connectivity index (χ4n) is 2.16. The Labute approximate surface area is 129 Å². The van der Waals surface area contributed by atoms with Gasteiger partial charge in [0.1, 0.15) is 17.5 Å². The first-order valence-corrected chi connectivity index (χ1v) is 7.12. The number of nitrogens with two attached hydrogens (primary N) is 1. The fraction of sp³-hybridized carbons (Fsp3) is 0.200. The highest BCUT2D eigenvalue weighted by atomic mass is 79.9. The van der Waals surface area contributed by atoms with E-state index >= 15 is 0 Å². The van der Waals surface area contributed by atoms with Crippen LogP contribution in [-0.4, -0.2) is 6.04 Å². The van der Waals surface area contributed by atoms with Gasteiger partial charge in [-0.25, -0.2) is 13.2 Å². The number of rotatable bonds is 5. The van der Waals surface area contributed by atoms with Crippen LogP contribution < -0.4 is 11.3 Å². The van der Waals surface area contributed by atoms with Crippen LogP contribution in [0.1, 0.15) is 11.1 Å². The predicted octanol–water partition coefficient (Wildman–Crippen LogP) is 3.48. The monoisotopic (exact) mass is 358 g/mol. The van der Waals surface area contributed by atoms with Crippen molar-refractivity contribution in [2.45, 2.75) is 18.9 Å². The number of hydrogen-bond donors (Lipinski definition) is 2. The van der Waals surface area contributed by atoms with Gasteiger partial charge >= 0.3 is 0 Å². The third-order valence-corrected chi connectivity index (χ3v) is 3.61. The summed E-state index contributed by atoms with van der Waals surface area (Å²) in [5.74, 6) is 3.82. The smallest absolute Gasteiger partial charge is 0.127 e. The molecular weight excluding hydrogens is 345 g/mol. The molecular formula is C15H14BrF3N2. The minimum absolute atomic E-state index is 0.292. The second-order valence-electron chi connectivity index (χ2n) is 4.79. The van der Waals surface area contributed by atoms with Gasteiger partial charge in [-0.05, 0) is 48.2 Å². The van der Waals surface area contributed by atoms with E-state index in [9.17, 15) is 13.2 Å². The molecule has 2 rings (SSSR count). The Morgan fingerprint density at radius 1 is 1.00 bits per heavy atom. The number of hydrogen-bond acceptors (Lipinski definition) is 2. The summed E-state index contributed by atoms with van der Waals surface area (Å²) in [7, 11) is 0. The molecule has 0 saturated carbocycles. The first kappa shape index (κ1) is 16.0. The lowest BCUT2D eigenvalue weighted by molar-refractivity contribution is 0.502. The Kier molecular flexibility index (Phi) is 5.39. The molecule has 112 valence electrons. The predicted molar refractivity (Wildman–Crippen MR) is 79.0 cm³/mol. The summed E-state index contributed by atoms with van der Waals surface area (Å²) in [6.07, 6.45) is 0.606. The van der Waals surface area contributed by atoms with Crippen LogP contribution in [0.5, 0.6) is 0 Å². The Morgan fingerprint density at radius 3 is 2.24 bits per heavy atom. The third kappa shape index (κ3) is 4.56. The zero-order valence-corrected chi connectivity index (χ0v) is 12.6. The molecule has 0 aliphatic heterocycles. The summed E-state index contributed by atoms with van der Waals surface area (Å²) in [5, 5.41) is 0. The average Bonchev–Trinajstić information content (AvgIpc) is 2.39. The van der Waals surface area contributed by atoms with Crippen molar-refractivity contribution in [1.82, 2.24) is 5.43 Å². The molecule has 6 heteroatoms. The van der Waals surface area contributed by atoms with Crippen LogP contribution in [-0.2, 0) is 12.8 Å². The van der Waals surface area contributed by atoms with E-state index in [1.165, 1.54) is 18.2 Å². The quantitative estimate of drug-likeness (QED) is 0.634. The molecule has 2 aromatic rings. The number of nitrogens with one attached hydrogen (secondary N) is 1. The van der Waals surface area contributed by atoms with E-state index in [1.54, 1.807) is 12.1 Å². The lowest BCUT2D eigenvalue weighted by Crippen LogP contribution is -2.38. The Morgan fingerprint density at radius 2 is 1.67 bits per heavy atom. The summed E-state index contributed by atoms with van der Waals surface area (Å²) < 4.78 is 40.8. The Balaban J connectivity index is 2.12. The molecule has 0 aliphatic rings. The van der Waals surface area contributed by atoms with E-state index in [0.717, 1.165) is 6.07 Å². The molecule has 0 fully saturated rings. The van der Waals surface area contributed by atoms with Gasteiger partial charge in [-0.15, -0.1) is 0 Å². The van der Waals surface area contributed by atoms with Gasteiger partial charge in [-0.2, -0.15) is 0 Å². The van der Waals surface area contributed by atoms with Crippen LogP contribution in [0.3, 0.4) is 0 Å². The normalized spacial score (nSPS) is 12.4. The average molecular weight is 359 g/mol. The van der Waals surface area contributed by atoms with Crippen molar-refractivity contribution in [2.75, 3.05) is 0 Å². The van der Waals surface area contributed by atoms with Crippen molar-refractivity contribution < 1.29 is 13.2 Å². The van der Waals surface area contributed by atoms with Crippen molar-refractivity contribution in [1.29, 1.82) is 0 Å². The van der Waals surface area contributed by atoms with E-state index in [4.69, 9.17) is 5.84 Å². The van der Waals surface area contributed by atoms with E-state index < -0.39 is 11.6 Å². The molecule has 0 aliphatic carbocycles. The van der Waals surface area contributed by atoms with Gasteiger partial charge in [0, 0.05) is 16.6 Å². The van der Waals surface area contributed by atoms with Crippen molar-refractivity contribution >= 4 is 15.9 Å². The minimum atomic E-state index is -0.643. The van der Waals surface area contributed by atoms with Crippen molar-refractivity contribution in [3.8, 4) is 0 Å². The topological polar surface area (TPSA) is 38.0 Å². The van der Waals surface area contributed by atoms with E-state index in [1.807, 2.05) is 0 Å². The zero-order valence-electron chi connectivity index (χ0n) is 11.0. The maximum atomic E-state index is 13.8. The van der Waals surface area contributed by atoms with Crippen LogP contribution in [0.25, 0.3) is 0 Å². The van der Waals surface area contributed by atoms with Gasteiger partial charge in [0.2, 0.25) is 0 Å². The van der Waals surface area contributed by atoms with Crippen LogP contribution in [0.15, 0.2) is 40.9 Å². The Bertz CT molecular complexity index is 614. The third-order valence-electron chi connectivity index (χ3n) is 3.12. The highest BCUT2D eigenvalue weighted by molar-refractivity contribution is 9.10. The summed E-state index contributed by atoms with van der Waals surface area (Å²) in [4.78, 5) is 0. The van der Waals surface area contributed by atoms with Crippen LogP contribution >= 0.6 is 15.9 Å². The van der Waals surface area contributed by atoms with Crippen molar-refractivity contribution in [3.05, 3.63) is 69.4 Å². The SMILES string of the molecule is NNC(Cc1cc(F)cc(F)c1)Cc1ccc(Br)cc1F. The van der Waals surface area contributed by atoms with Gasteiger partial charge in [0.25, 0.3) is 0 Å². The van der Waals surface area contributed by atoms with Gasteiger partial charge in [0.15, 0.2) is 0 Å². The summed E-state index contributed by atoms with van der Waals surface area (Å²) in [5.41, 5.74) is 3.51. The van der Waals surface area contributed by atoms with Gasteiger partial charge in [0.05, 0.1) is 0 Å². The lowest BCUT2D eigenvalue weighted by atomic mass is 9.99. The number of benzene rings is 2.